The van der Waals surface area contributed by atoms with E-state index in [4.69, 9.17) is 10.4 Å². The highest BCUT2D eigenvalue weighted by molar-refractivity contribution is 5.98. The van der Waals surface area contributed by atoms with Crippen molar-refractivity contribution in [1.82, 2.24) is 10.2 Å². The lowest BCUT2D eigenvalue weighted by atomic mass is 10.1. The fourth-order valence-electron chi connectivity index (χ4n) is 2.74. The van der Waals surface area contributed by atoms with Gasteiger partial charge in [-0.2, -0.15) is 5.26 Å². The second kappa shape index (κ2) is 8.20. The number of amides is 1. The zero-order chi connectivity index (χ0) is 18.4. The maximum absolute atomic E-state index is 11.8. The summed E-state index contributed by atoms with van der Waals surface area (Å²) in [6.07, 6.45) is 1.51. The lowest BCUT2D eigenvalue weighted by Gasteiger charge is -2.36. The normalized spacial score (nSPS) is 14.8. The number of aliphatic carboxylic acids is 1. The molecule has 0 spiro atoms. The van der Waals surface area contributed by atoms with E-state index in [0.29, 0.717) is 13.1 Å². The number of hydrogen-bond donors (Lipinski definition) is 2. The predicted molar refractivity (Wildman–Crippen MR) is 94.0 cm³/mol. The molecule has 0 saturated carbocycles. The molecule has 1 fully saturated rings. The van der Waals surface area contributed by atoms with Crippen LogP contribution in [0.4, 0.5) is 5.69 Å². The molecule has 1 saturated heterocycles. The van der Waals surface area contributed by atoms with E-state index in [0.717, 1.165) is 13.1 Å². The summed E-state index contributed by atoms with van der Waals surface area (Å²) in [6, 6.07) is 8.07. The number of hydrogen-bond acceptors (Lipinski definition) is 5. The summed E-state index contributed by atoms with van der Waals surface area (Å²) < 4.78 is 0. The Kier molecular flexibility index (Phi) is 6.01. The number of anilines is 1. The molecule has 7 nitrogen and oxygen atoms in total. The summed E-state index contributed by atoms with van der Waals surface area (Å²) in [5.41, 5.74) is 3.64. The largest absolute Gasteiger partial charge is 0.480 e. The van der Waals surface area contributed by atoms with E-state index in [1.807, 2.05) is 17.0 Å². The molecule has 132 valence electrons. The van der Waals surface area contributed by atoms with Gasteiger partial charge in [0.05, 0.1) is 0 Å². The molecular formula is C18H22N4O3. The van der Waals surface area contributed by atoms with Gasteiger partial charge in [-0.05, 0) is 31.0 Å². The molecular weight excluding hydrogens is 320 g/mol. The van der Waals surface area contributed by atoms with E-state index in [2.05, 4.69) is 36.2 Å². The smallest absolute Gasteiger partial charge is 0.322 e. The molecule has 0 unspecified atom stereocenters. The van der Waals surface area contributed by atoms with Gasteiger partial charge in [0, 0.05) is 38.1 Å². The Morgan fingerprint density at radius 3 is 2.56 bits per heavy atom. The minimum atomic E-state index is -1.15. The number of carbonyl (C=O) groups excluding carboxylic acids is 1. The van der Waals surface area contributed by atoms with Gasteiger partial charge in [-0.25, -0.2) is 0 Å². The Labute approximate surface area is 147 Å². The molecule has 1 aromatic rings. The van der Waals surface area contributed by atoms with Gasteiger partial charge in [-0.3, -0.25) is 9.59 Å². The van der Waals surface area contributed by atoms with E-state index >= 15 is 0 Å². The average Bonchev–Trinajstić information content (AvgIpc) is 2.60. The molecule has 7 heteroatoms. The lowest BCUT2D eigenvalue weighted by molar-refractivity contribution is -0.137. The Morgan fingerprint density at radius 2 is 1.96 bits per heavy atom. The van der Waals surface area contributed by atoms with Crippen LogP contribution < -0.4 is 10.2 Å². The summed E-state index contributed by atoms with van der Waals surface area (Å²) in [5, 5.41) is 19.9. The Balaban J connectivity index is 1.99. The minimum absolute atomic E-state index is 0.0820. The molecule has 2 N–H and O–H groups in total. The van der Waals surface area contributed by atoms with Crippen LogP contribution >= 0.6 is 0 Å². The van der Waals surface area contributed by atoms with E-state index in [9.17, 15) is 9.59 Å². The Hall–Kier alpha value is -3.01. The molecule has 0 radical (unpaired) electrons. The highest BCUT2D eigenvalue weighted by atomic mass is 16.4. The number of nitrogens with zero attached hydrogens (tertiary/aromatic N) is 3. The van der Waals surface area contributed by atoms with Gasteiger partial charge >= 0.3 is 5.97 Å². The van der Waals surface area contributed by atoms with Crippen molar-refractivity contribution >= 4 is 17.6 Å². The molecule has 2 rings (SSSR count). The van der Waals surface area contributed by atoms with Gasteiger partial charge in [-0.1, -0.05) is 12.1 Å². The summed E-state index contributed by atoms with van der Waals surface area (Å²) in [7, 11) is 0. The summed E-state index contributed by atoms with van der Waals surface area (Å²) >= 11 is 0. The number of carboxylic acid groups (broad SMARTS) is 1. The number of aryl methyl sites for hydroxylation is 1. The van der Waals surface area contributed by atoms with Gasteiger partial charge in [-0.15, -0.1) is 0 Å². The van der Waals surface area contributed by atoms with Crippen LogP contribution in [0.5, 0.6) is 0 Å². The van der Waals surface area contributed by atoms with Crippen molar-refractivity contribution < 1.29 is 14.7 Å². The maximum atomic E-state index is 11.8. The van der Waals surface area contributed by atoms with Crippen LogP contribution in [0.2, 0.25) is 0 Å². The maximum Gasteiger partial charge on any atom is 0.322 e. The average molecular weight is 342 g/mol. The summed E-state index contributed by atoms with van der Waals surface area (Å²) in [5.74, 6) is -1.81. The number of nitriles is 1. The fraction of sp³-hybridized carbons (Fsp3) is 0.389. The molecule has 0 bridgehead atoms. The van der Waals surface area contributed by atoms with Gasteiger partial charge in [0.1, 0.15) is 18.2 Å². The molecule has 1 aromatic carbocycles. The van der Waals surface area contributed by atoms with Gasteiger partial charge in [0.15, 0.2) is 0 Å². The van der Waals surface area contributed by atoms with Gasteiger partial charge in [0.25, 0.3) is 5.91 Å². The van der Waals surface area contributed by atoms with Crippen LogP contribution in [0.1, 0.15) is 11.1 Å². The monoisotopic (exact) mass is 342 g/mol. The third-order valence-corrected chi connectivity index (χ3v) is 4.31. The predicted octanol–water partition coefficient (Wildman–Crippen LogP) is 1.03. The van der Waals surface area contributed by atoms with Crippen LogP contribution in [0.25, 0.3) is 0 Å². The van der Waals surface area contributed by atoms with Crippen molar-refractivity contribution in [3.63, 3.8) is 0 Å². The molecule has 1 amide bonds. The van der Waals surface area contributed by atoms with E-state index in [-0.39, 0.29) is 5.57 Å². The molecule has 25 heavy (non-hydrogen) atoms. The van der Waals surface area contributed by atoms with Crippen LogP contribution in [0, 0.1) is 25.2 Å². The molecule has 0 aromatic heterocycles. The second-order valence-corrected chi connectivity index (χ2v) is 5.97. The highest BCUT2D eigenvalue weighted by Gasteiger charge is 2.19. The van der Waals surface area contributed by atoms with Crippen molar-refractivity contribution in [3.05, 3.63) is 41.1 Å². The SMILES string of the molecule is Cc1cccc(N2CCN(/C=C(/C#N)C(=O)NCC(=O)O)CC2)c1C. The number of carbonyl (C=O) groups is 2. The number of carboxylic acids is 1. The van der Waals surface area contributed by atoms with E-state index in [1.165, 1.54) is 23.0 Å². The number of piperazine rings is 1. The quantitative estimate of drug-likeness (QED) is 0.613. The first kappa shape index (κ1) is 18.3. The van der Waals surface area contributed by atoms with Crippen LogP contribution in [0.3, 0.4) is 0 Å². The topological polar surface area (TPSA) is 96.7 Å². The number of nitrogens with one attached hydrogen (secondary N) is 1. The third kappa shape index (κ3) is 4.73. The first-order valence-corrected chi connectivity index (χ1v) is 8.09. The van der Waals surface area contributed by atoms with Gasteiger partial charge < -0.3 is 20.2 Å². The zero-order valence-electron chi connectivity index (χ0n) is 14.5. The van der Waals surface area contributed by atoms with Crippen LogP contribution in [-0.2, 0) is 9.59 Å². The zero-order valence-corrected chi connectivity index (χ0v) is 14.5. The highest BCUT2D eigenvalue weighted by Crippen LogP contribution is 2.23. The van der Waals surface area contributed by atoms with Crippen molar-refractivity contribution in [2.45, 2.75) is 13.8 Å². The van der Waals surface area contributed by atoms with Crippen molar-refractivity contribution in [2.75, 3.05) is 37.6 Å². The molecule has 0 aliphatic carbocycles. The van der Waals surface area contributed by atoms with E-state index in [1.54, 1.807) is 0 Å². The van der Waals surface area contributed by atoms with Crippen molar-refractivity contribution in [2.24, 2.45) is 0 Å². The number of benzene rings is 1. The van der Waals surface area contributed by atoms with Crippen LogP contribution in [-0.4, -0.2) is 54.6 Å². The minimum Gasteiger partial charge on any atom is -0.480 e. The van der Waals surface area contributed by atoms with E-state index < -0.39 is 18.4 Å². The van der Waals surface area contributed by atoms with Crippen molar-refractivity contribution in [3.8, 4) is 6.07 Å². The standard InChI is InChI=1S/C18H22N4O3/c1-13-4-3-5-16(14(13)2)22-8-6-21(7-9-22)12-15(10-19)18(25)20-11-17(23)24/h3-5,12H,6-9,11H2,1-2H3,(H,20,25)(H,23,24)/b15-12-. The first-order chi connectivity index (χ1) is 11.9. The summed E-state index contributed by atoms with van der Waals surface area (Å²) in [6.45, 7) is 6.64. The Morgan fingerprint density at radius 1 is 1.28 bits per heavy atom. The lowest BCUT2D eigenvalue weighted by Crippen LogP contribution is -2.44. The molecule has 1 heterocycles. The summed E-state index contributed by atoms with van der Waals surface area (Å²) in [4.78, 5) is 26.5. The molecule has 1 aliphatic rings. The number of rotatable bonds is 5. The first-order valence-electron chi connectivity index (χ1n) is 8.09. The van der Waals surface area contributed by atoms with Gasteiger partial charge in [0.2, 0.25) is 0 Å². The second-order valence-electron chi connectivity index (χ2n) is 5.97. The third-order valence-electron chi connectivity index (χ3n) is 4.31. The van der Waals surface area contributed by atoms with Crippen LogP contribution in [0.15, 0.2) is 30.0 Å². The van der Waals surface area contributed by atoms with Crippen molar-refractivity contribution in [1.29, 1.82) is 5.26 Å². The molecule has 1 aliphatic heterocycles. The fourth-order valence-corrected chi connectivity index (χ4v) is 2.74. The molecule has 0 atom stereocenters. The Bertz CT molecular complexity index is 728.